The van der Waals surface area contributed by atoms with Crippen LogP contribution in [0.3, 0.4) is 0 Å². The Labute approximate surface area is 123 Å². The Morgan fingerprint density at radius 3 is 3.00 bits per heavy atom. The van der Waals surface area contributed by atoms with Crippen LogP contribution in [-0.2, 0) is 19.4 Å². The maximum absolute atomic E-state index is 6.18. The second kappa shape index (κ2) is 5.40. The topological polar surface area (TPSA) is 57.7 Å². The molecule has 0 fully saturated rings. The first-order valence-corrected chi connectivity index (χ1v) is 7.28. The van der Waals surface area contributed by atoms with Gasteiger partial charge >= 0.3 is 0 Å². The van der Waals surface area contributed by atoms with Gasteiger partial charge in [0.25, 0.3) is 0 Å². The molecule has 0 spiro atoms. The molecule has 5 nitrogen and oxygen atoms in total. The first kappa shape index (κ1) is 13.4. The van der Waals surface area contributed by atoms with Crippen molar-refractivity contribution in [1.82, 2.24) is 20.2 Å². The summed E-state index contributed by atoms with van der Waals surface area (Å²) in [6, 6.07) is 0. The van der Waals surface area contributed by atoms with Gasteiger partial charge in [0.2, 0.25) is 0 Å². The zero-order valence-electron chi connectivity index (χ0n) is 11.8. The highest BCUT2D eigenvalue weighted by Gasteiger charge is 2.19. The molecule has 2 aromatic rings. The molecule has 2 aromatic heterocycles. The fourth-order valence-corrected chi connectivity index (χ4v) is 2.93. The molecule has 0 atom stereocenters. The van der Waals surface area contributed by atoms with Crippen LogP contribution in [0.1, 0.15) is 35.6 Å². The summed E-state index contributed by atoms with van der Waals surface area (Å²) in [5, 5.41) is 8.20. The first-order chi connectivity index (χ1) is 9.65. The number of H-pyrrole nitrogens is 1. The number of nitrogens with one attached hydrogen (secondary N) is 1. The fraction of sp³-hybridized carbons (Fsp3) is 0.500. The summed E-state index contributed by atoms with van der Waals surface area (Å²) in [5.74, 6) is 1.48. The van der Waals surface area contributed by atoms with E-state index in [0.29, 0.717) is 11.6 Å². The standard InChI is InChI=1S/C14H18ClN5/c1-9-16-7-11(15)14(17-9)20(2)8-13-10-5-3-4-6-12(10)18-19-13/h7H,3-6,8H2,1-2H3,(H,18,19). The molecule has 3 rings (SSSR count). The molecular formula is C14H18ClN5. The second-order valence-corrected chi connectivity index (χ2v) is 5.69. The van der Waals surface area contributed by atoms with E-state index in [0.717, 1.165) is 30.2 Å². The number of hydrogen-bond donors (Lipinski definition) is 1. The summed E-state index contributed by atoms with van der Waals surface area (Å²) in [6.07, 6.45) is 6.37. The van der Waals surface area contributed by atoms with E-state index < -0.39 is 0 Å². The number of aromatic amines is 1. The number of hydrogen-bond acceptors (Lipinski definition) is 4. The molecule has 0 saturated carbocycles. The van der Waals surface area contributed by atoms with Gasteiger partial charge in [-0.3, -0.25) is 5.10 Å². The highest BCUT2D eigenvalue weighted by Crippen LogP contribution is 2.26. The van der Waals surface area contributed by atoms with Crippen molar-refractivity contribution in [3.63, 3.8) is 0 Å². The van der Waals surface area contributed by atoms with Crippen molar-refractivity contribution in [3.8, 4) is 0 Å². The van der Waals surface area contributed by atoms with Gasteiger partial charge in [0.15, 0.2) is 5.82 Å². The highest BCUT2D eigenvalue weighted by atomic mass is 35.5. The Kier molecular flexibility index (Phi) is 3.61. The Morgan fingerprint density at radius 1 is 1.35 bits per heavy atom. The maximum Gasteiger partial charge on any atom is 0.151 e. The second-order valence-electron chi connectivity index (χ2n) is 5.28. The fourth-order valence-electron chi connectivity index (χ4n) is 2.69. The number of fused-ring (bicyclic) bond motifs is 1. The smallest absolute Gasteiger partial charge is 0.151 e. The molecule has 6 heteroatoms. The molecule has 1 aliphatic rings. The van der Waals surface area contributed by atoms with Crippen LogP contribution < -0.4 is 4.90 Å². The van der Waals surface area contributed by atoms with E-state index in [1.807, 2.05) is 18.9 Å². The van der Waals surface area contributed by atoms with Gasteiger partial charge in [-0.05, 0) is 38.2 Å². The van der Waals surface area contributed by atoms with E-state index in [2.05, 4.69) is 20.2 Å². The number of nitrogens with zero attached hydrogens (tertiary/aromatic N) is 4. The third-order valence-electron chi connectivity index (χ3n) is 3.74. The molecule has 0 aliphatic heterocycles. The van der Waals surface area contributed by atoms with Gasteiger partial charge in [-0.2, -0.15) is 5.10 Å². The molecule has 0 saturated heterocycles. The van der Waals surface area contributed by atoms with Crippen LogP contribution >= 0.6 is 11.6 Å². The maximum atomic E-state index is 6.18. The van der Waals surface area contributed by atoms with Gasteiger partial charge in [-0.1, -0.05) is 11.6 Å². The normalized spacial score (nSPS) is 14.2. The summed E-state index contributed by atoms with van der Waals surface area (Å²) in [7, 11) is 1.98. The molecule has 2 heterocycles. The van der Waals surface area contributed by atoms with Crippen molar-refractivity contribution in [2.24, 2.45) is 0 Å². The summed E-state index contributed by atoms with van der Waals surface area (Å²) < 4.78 is 0. The molecule has 0 radical (unpaired) electrons. The van der Waals surface area contributed by atoms with E-state index in [1.165, 1.54) is 24.1 Å². The number of anilines is 1. The summed E-state index contributed by atoms with van der Waals surface area (Å²) in [6.45, 7) is 2.58. The summed E-state index contributed by atoms with van der Waals surface area (Å²) in [5.41, 5.74) is 3.78. The van der Waals surface area contributed by atoms with E-state index in [4.69, 9.17) is 11.6 Å². The zero-order chi connectivity index (χ0) is 14.1. The Hall–Kier alpha value is -1.62. The van der Waals surface area contributed by atoms with Gasteiger partial charge < -0.3 is 4.90 Å². The van der Waals surface area contributed by atoms with Crippen molar-refractivity contribution in [2.45, 2.75) is 39.2 Å². The minimum absolute atomic E-state index is 0.572. The van der Waals surface area contributed by atoms with Crippen LogP contribution in [0.25, 0.3) is 0 Å². The molecule has 0 amide bonds. The van der Waals surface area contributed by atoms with Crippen molar-refractivity contribution in [2.75, 3.05) is 11.9 Å². The van der Waals surface area contributed by atoms with E-state index in [1.54, 1.807) is 6.20 Å². The summed E-state index contributed by atoms with van der Waals surface area (Å²) in [4.78, 5) is 10.5. The van der Waals surface area contributed by atoms with Crippen molar-refractivity contribution in [1.29, 1.82) is 0 Å². The highest BCUT2D eigenvalue weighted by molar-refractivity contribution is 6.32. The van der Waals surface area contributed by atoms with Crippen LogP contribution in [0, 0.1) is 6.92 Å². The molecule has 0 aromatic carbocycles. The van der Waals surface area contributed by atoms with E-state index in [9.17, 15) is 0 Å². The molecule has 0 bridgehead atoms. The number of halogens is 1. The van der Waals surface area contributed by atoms with Crippen molar-refractivity contribution < 1.29 is 0 Å². The molecule has 0 unspecified atom stereocenters. The van der Waals surface area contributed by atoms with E-state index in [-0.39, 0.29) is 0 Å². The van der Waals surface area contributed by atoms with Gasteiger partial charge in [-0.25, -0.2) is 9.97 Å². The lowest BCUT2D eigenvalue weighted by molar-refractivity contribution is 0.671. The number of aromatic nitrogens is 4. The Bertz CT molecular complexity index is 622. The van der Waals surface area contributed by atoms with Crippen LogP contribution in [0.5, 0.6) is 0 Å². The Balaban J connectivity index is 1.84. The lowest BCUT2D eigenvalue weighted by atomic mass is 9.96. The van der Waals surface area contributed by atoms with Crippen LogP contribution in [-0.4, -0.2) is 27.2 Å². The zero-order valence-corrected chi connectivity index (χ0v) is 12.5. The van der Waals surface area contributed by atoms with Crippen LogP contribution in [0.15, 0.2) is 6.20 Å². The van der Waals surface area contributed by atoms with Gasteiger partial charge in [0, 0.05) is 12.7 Å². The van der Waals surface area contributed by atoms with Crippen molar-refractivity contribution in [3.05, 3.63) is 34.0 Å². The van der Waals surface area contributed by atoms with Crippen molar-refractivity contribution >= 4 is 17.4 Å². The molecule has 1 aliphatic carbocycles. The monoisotopic (exact) mass is 291 g/mol. The largest absolute Gasteiger partial charge is 0.352 e. The lowest BCUT2D eigenvalue weighted by Gasteiger charge is -2.19. The molecular weight excluding hydrogens is 274 g/mol. The van der Waals surface area contributed by atoms with E-state index >= 15 is 0 Å². The third-order valence-corrected chi connectivity index (χ3v) is 4.00. The minimum atomic E-state index is 0.572. The minimum Gasteiger partial charge on any atom is -0.352 e. The lowest BCUT2D eigenvalue weighted by Crippen LogP contribution is -2.20. The first-order valence-electron chi connectivity index (χ1n) is 6.90. The average Bonchev–Trinajstić information content (AvgIpc) is 2.85. The number of aryl methyl sites for hydroxylation is 2. The quantitative estimate of drug-likeness (QED) is 0.944. The Morgan fingerprint density at radius 2 is 2.15 bits per heavy atom. The predicted octanol–water partition coefficient (Wildman–Crippen LogP) is 2.68. The van der Waals surface area contributed by atoms with Gasteiger partial charge in [0.05, 0.1) is 18.4 Å². The molecule has 1 N–H and O–H groups in total. The average molecular weight is 292 g/mol. The van der Waals surface area contributed by atoms with Crippen LogP contribution in [0.4, 0.5) is 5.82 Å². The summed E-state index contributed by atoms with van der Waals surface area (Å²) >= 11 is 6.18. The van der Waals surface area contributed by atoms with Gasteiger partial charge in [0.1, 0.15) is 10.8 Å². The molecule has 106 valence electrons. The van der Waals surface area contributed by atoms with Crippen LogP contribution in [0.2, 0.25) is 5.02 Å². The SMILES string of the molecule is Cc1ncc(Cl)c(N(C)Cc2n[nH]c3c2CCCC3)n1. The predicted molar refractivity (Wildman–Crippen MR) is 79.1 cm³/mol. The number of rotatable bonds is 3. The third kappa shape index (κ3) is 2.50. The molecule has 20 heavy (non-hydrogen) atoms. The van der Waals surface area contributed by atoms with Gasteiger partial charge in [-0.15, -0.1) is 0 Å².